The summed E-state index contributed by atoms with van der Waals surface area (Å²) in [5.74, 6) is 0.421. The lowest BCUT2D eigenvalue weighted by molar-refractivity contribution is 0.147. The third-order valence-electron chi connectivity index (χ3n) is 2.16. The smallest absolute Gasteiger partial charge is 0.315 e. The van der Waals surface area contributed by atoms with E-state index in [1.165, 1.54) is 11.3 Å². The first-order chi connectivity index (χ1) is 8.08. The summed E-state index contributed by atoms with van der Waals surface area (Å²) in [6, 6.07) is -0.277. The number of carbonyl (C=O) groups excluding carboxylic acids is 1. The second kappa shape index (κ2) is 7.24. The molecule has 0 aliphatic rings. The van der Waals surface area contributed by atoms with E-state index >= 15 is 0 Å². The molecule has 0 spiro atoms. The zero-order valence-electron chi connectivity index (χ0n) is 10.1. The normalized spacial score (nSPS) is 12.5. The van der Waals surface area contributed by atoms with Gasteiger partial charge in [0.1, 0.15) is 0 Å². The minimum atomic E-state index is -0.486. The number of thiazole rings is 1. The molecular formula is C11H19N3O2S. The van der Waals surface area contributed by atoms with Gasteiger partial charge in [0.25, 0.3) is 0 Å². The Kier molecular flexibility index (Phi) is 5.93. The summed E-state index contributed by atoms with van der Waals surface area (Å²) >= 11 is 1.49. The summed E-state index contributed by atoms with van der Waals surface area (Å²) < 4.78 is 0. The number of aliphatic hydroxyl groups is 1. The van der Waals surface area contributed by atoms with Gasteiger partial charge in [0.15, 0.2) is 0 Å². The van der Waals surface area contributed by atoms with Gasteiger partial charge in [-0.1, -0.05) is 13.8 Å². The Morgan fingerprint density at radius 1 is 1.53 bits per heavy atom. The number of nitrogens with zero attached hydrogens (tertiary/aromatic N) is 1. The van der Waals surface area contributed by atoms with E-state index in [0.717, 1.165) is 5.69 Å². The second-order valence-electron chi connectivity index (χ2n) is 4.33. The van der Waals surface area contributed by atoms with Crippen molar-refractivity contribution in [1.29, 1.82) is 0 Å². The molecule has 0 saturated heterocycles. The van der Waals surface area contributed by atoms with Crippen LogP contribution in [0.2, 0.25) is 0 Å². The molecule has 6 heteroatoms. The van der Waals surface area contributed by atoms with Crippen LogP contribution in [0.1, 0.15) is 26.0 Å². The zero-order chi connectivity index (χ0) is 12.7. The average molecular weight is 257 g/mol. The molecule has 17 heavy (non-hydrogen) atoms. The summed E-state index contributed by atoms with van der Waals surface area (Å²) in [7, 11) is 0. The first kappa shape index (κ1) is 13.9. The number of hydrogen-bond acceptors (Lipinski definition) is 4. The highest BCUT2D eigenvalue weighted by molar-refractivity contribution is 7.07. The highest BCUT2D eigenvalue weighted by atomic mass is 32.1. The maximum absolute atomic E-state index is 11.4. The van der Waals surface area contributed by atoms with E-state index in [1.54, 1.807) is 5.51 Å². The van der Waals surface area contributed by atoms with Gasteiger partial charge >= 0.3 is 6.03 Å². The fourth-order valence-corrected chi connectivity index (χ4v) is 1.95. The Labute approximate surface area is 105 Å². The quantitative estimate of drug-likeness (QED) is 0.720. The van der Waals surface area contributed by atoms with Crippen LogP contribution >= 0.6 is 11.3 Å². The molecule has 1 aromatic heterocycles. The van der Waals surface area contributed by atoms with Crippen molar-refractivity contribution in [3.63, 3.8) is 0 Å². The Morgan fingerprint density at radius 2 is 2.29 bits per heavy atom. The molecule has 0 aliphatic carbocycles. The van der Waals surface area contributed by atoms with Gasteiger partial charge in [-0.05, 0) is 12.3 Å². The summed E-state index contributed by atoms with van der Waals surface area (Å²) in [5, 5.41) is 16.8. The van der Waals surface area contributed by atoms with E-state index in [-0.39, 0.29) is 12.6 Å². The van der Waals surface area contributed by atoms with Crippen molar-refractivity contribution in [2.45, 2.75) is 32.9 Å². The van der Waals surface area contributed by atoms with Crippen LogP contribution in [0.3, 0.4) is 0 Å². The van der Waals surface area contributed by atoms with Gasteiger partial charge in [-0.25, -0.2) is 9.78 Å². The lowest BCUT2D eigenvalue weighted by Gasteiger charge is -2.14. The topological polar surface area (TPSA) is 74.2 Å². The summed E-state index contributed by atoms with van der Waals surface area (Å²) in [4.78, 5) is 15.4. The van der Waals surface area contributed by atoms with E-state index in [0.29, 0.717) is 18.9 Å². The van der Waals surface area contributed by atoms with Gasteiger partial charge in [0.05, 0.1) is 23.9 Å². The van der Waals surface area contributed by atoms with E-state index in [9.17, 15) is 9.90 Å². The predicted octanol–water partition coefficient (Wildman–Crippen LogP) is 1.35. The van der Waals surface area contributed by atoms with E-state index < -0.39 is 6.10 Å². The highest BCUT2D eigenvalue weighted by Crippen LogP contribution is 2.03. The first-order valence-corrected chi connectivity index (χ1v) is 6.59. The van der Waals surface area contributed by atoms with Crippen LogP contribution < -0.4 is 10.6 Å². The van der Waals surface area contributed by atoms with Gasteiger partial charge in [0.2, 0.25) is 0 Å². The molecule has 0 aromatic carbocycles. The van der Waals surface area contributed by atoms with Crippen LogP contribution in [-0.4, -0.2) is 28.8 Å². The summed E-state index contributed by atoms with van der Waals surface area (Å²) in [6.45, 7) is 4.76. The summed E-state index contributed by atoms with van der Waals surface area (Å²) in [5.41, 5.74) is 2.56. The van der Waals surface area contributed by atoms with Gasteiger partial charge in [-0.2, -0.15) is 0 Å². The number of rotatable bonds is 6. The van der Waals surface area contributed by atoms with Crippen molar-refractivity contribution in [3.8, 4) is 0 Å². The molecule has 1 aromatic rings. The van der Waals surface area contributed by atoms with Crippen molar-refractivity contribution >= 4 is 17.4 Å². The Morgan fingerprint density at radius 3 is 2.88 bits per heavy atom. The number of hydrogen-bond donors (Lipinski definition) is 3. The second-order valence-corrected chi connectivity index (χ2v) is 5.05. The molecule has 0 aliphatic heterocycles. The predicted molar refractivity (Wildman–Crippen MR) is 67.8 cm³/mol. The van der Waals surface area contributed by atoms with Gasteiger partial charge in [-0.15, -0.1) is 11.3 Å². The molecule has 0 bridgehead atoms. The number of nitrogens with one attached hydrogen (secondary N) is 2. The molecule has 1 heterocycles. The highest BCUT2D eigenvalue weighted by Gasteiger charge is 2.08. The SMILES string of the molecule is CC(C)CC(O)CNC(=O)NCc1cscn1. The first-order valence-electron chi connectivity index (χ1n) is 5.64. The number of carbonyl (C=O) groups is 1. The Hall–Kier alpha value is -1.14. The van der Waals surface area contributed by atoms with E-state index in [2.05, 4.69) is 15.6 Å². The summed E-state index contributed by atoms with van der Waals surface area (Å²) in [6.07, 6.45) is 0.201. The van der Waals surface area contributed by atoms with Gasteiger partial charge in [0, 0.05) is 11.9 Å². The van der Waals surface area contributed by atoms with E-state index in [1.807, 2.05) is 19.2 Å². The molecular weight excluding hydrogens is 238 g/mol. The maximum Gasteiger partial charge on any atom is 0.315 e. The largest absolute Gasteiger partial charge is 0.391 e. The van der Waals surface area contributed by atoms with Crippen LogP contribution in [0.15, 0.2) is 10.9 Å². The Bertz CT molecular complexity index is 327. The van der Waals surface area contributed by atoms with Crippen LogP contribution in [0, 0.1) is 5.92 Å². The number of amides is 2. The zero-order valence-corrected chi connectivity index (χ0v) is 11.0. The molecule has 0 radical (unpaired) electrons. The van der Waals surface area contributed by atoms with Crippen molar-refractivity contribution in [2.24, 2.45) is 5.92 Å². The minimum Gasteiger partial charge on any atom is -0.391 e. The van der Waals surface area contributed by atoms with Crippen LogP contribution in [0.4, 0.5) is 4.79 Å². The Balaban J connectivity index is 2.13. The molecule has 1 unspecified atom stereocenters. The van der Waals surface area contributed by atoms with Crippen molar-refractivity contribution in [1.82, 2.24) is 15.6 Å². The lowest BCUT2D eigenvalue weighted by Crippen LogP contribution is -2.39. The fraction of sp³-hybridized carbons (Fsp3) is 0.636. The number of urea groups is 1. The third-order valence-corrected chi connectivity index (χ3v) is 2.79. The molecule has 3 N–H and O–H groups in total. The number of aromatic nitrogens is 1. The fourth-order valence-electron chi connectivity index (χ4n) is 1.40. The third kappa shape index (κ3) is 6.23. The minimum absolute atomic E-state index is 0.277. The van der Waals surface area contributed by atoms with E-state index in [4.69, 9.17) is 0 Å². The van der Waals surface area contributed by atoms with Gasteiger partial charge < -0.3 is 15.7 Å². The van der Waals surface area contributed by atoms with Crippen LogP contribution in [0.25, 0.3) is 0 Å². The molecule has 5 nitrogen and oxygen atoms in total. The average Bonchev–Trinajstić information content (AvgIpc) is 2.75. The molecule has 1 atom stereocenters. The monoisotopic (exact) mass is 257 g/mol. The van der Waals surface area contributed by atoms with Crippen molar-refractivity contribution in [2.75, 3.05) is 6.54 Å². The molecule has 0 saturated carbocycles. The standard InChI is InChI=1S/C11H19N3O2S/c1-8(2)3-10(15)5-13-11(16)12-4-9-6-17-7-14-9/h6-8,10,15H,3-5H2,1-2H3,(H2,12,13,16). The lowest BCUT2D eigenvalue weighted by atomic mass is 10.1. The van der Waals surface area contributed by atoms with Crippen molar-refractivity contribution < 1.29 is 9.90 Å². The van der Waals surface area contributed by atoms with Crippen LogP contribution in [-0.2, 0) is 6.54 Å². The maximum atomic E-state index is 11.4. The number of aliphatic hydroxyl groups excluding tert-OH is 1. The van der Waals surface area contributed by atoms with Crippen molar-refractivity contribution in [3.05, 3.63) is 16.6 Å². The molecule has 96 valence electrons. The van der Waals surface area contributed by atoms with Gasteiger partial charge in [-0.3, -0.25) is 0 Å². The molecule has 0 fully saturated rings. The van der Waals surface area contributed by atoms with Crippen LogP contribution in [0.5, 0.6) is 0 Å². The molecule has 2 amide bonds. The molecule has 1 rings (SSSR count).